The molecule has 0 unspecified atom stereocenters. The average molecular weight is 444 g/mol. The molecular formula is C23H29N3O6. The van der Waals surface area contributed by atoms with Crippen LogP contribution in [0.3, 0.4) is 0 Å². The summed E-state index contributed by atoms with van der Waals surface area (Å²) in [6.07, 6.45) is -0.511. The monoisotopic (exact) mass is 443 g/mol. The van der Waals surface area contributed by atoms with E-state index >= 15 is 0 Å². The van der Waals surface area contributed by atoms with Crippen molar-refractivity contribution in [1.29, 1.82) is 0 Å². The topological polar surface area (TPSA) is 115 Å². The van der Waals surface area contributed by atoms with Crippen molar-refractivity contribution in [2.75, 3.05) is 31.4 Å². The Labute approximate surface area is 187 Å². The molecule has 0 bridgehead atoms. The van der Waals surface area contributed by atoms with E-state index in [0.717, 1.165) is 0 Å². The lowest BCUT2D eigenvalue weighted by atomic mass is 10.1. The van der Waals surface area contributed by atoms with Crippen LogP contribution < -0.4 is 25.4 Å². The van der Waals surface area contributed by atoms with E-state index in [2.05, 4.69) is 16.0 Å². The minimum atomic E-state index is -0.604. The van der Waals surface area contributed by atoms with Gasteiger partial charge in [-0.3, -0.25) is 9.59 Å². The molecule has 0 spiro atoms. The highest BCUT2D eigenvalue weighted by molar-refractivity contribution is 6.05. The molecule has 0 fully saturated rings. The maximum Gasteiger partial charge on any atom is 0.407 e. The van der Waals surface area contributed by atoms with E-state index in [4.69, 9.17) is 14.2 Å². The van der Waals surface area contributed by atoms with Gasteiger partial charge < -0.3 is 30.2 Å². The first-order chi connectivity index (χ1) is 15.1. The van der Waals surface area contributed by atoms with Gasteiger partial charge in [-0.15, -0.1) is 0 Å². The third kappa shape index (κ3) is 8.17. The summed E-state index contributed by atoms with van der Waals surface area (Å²) in [4.78, 5) is 36.4. The smallest absolute Gasteiger partial charge is 0.407 e. The normalized spacial score (nSPS) is 10.7. The van der Waals surface area contributed by atoms with Gasteiger partial charge in [-0.2, -0.15) is 0 Å². The Morgan fingerprint density at radius 3 is 2.03 bits per heavy atom. The van der Waals surface area contributed by atoms with Crippen molar-refractivity contribution in [2.24, 2.45) is 0 Å². The van der Waals surface area contributed by atoms with Gasteiger partial charge in [0.15, 0.2) is 0 Å². The molecule has 0 saturated carbocycles. The molecule has 0 saturated heterocycles. The van der Waals surface area contributed by atoms with E-state index in [1.165, 1.54) is 14.2 Å². The Hall–Kier alpha value is -3.75. The molecular weight excluding hydrogens is 414 g/mol. The molecule has 0 heterocycles. The van der Waals surface area contributed by atoms with Crippen LogP contribution in [0, 0.1) is 0 Å². The lowest BCUT2D eigenvalue weighted by Crippen LogP contribution is -2.34. The number of rotatable bonds is 8. The van der Waals surface area contributed by atoms with Crippen LogP contribution >= 0.6 is 0 Å². The number of carbonyl (C=O) groups is 3. The van der Waals surface area contributed by atoms with Crippen molar-refractivity contribution in [3.63, 3.8) is 0 Å². The van der Waals surface area contributed by atoms with Crippen LogP contribution in [-0.2, 0) is 9.53 Å². The van der Waals surface area contributed by atoms with Gasteiger partial charge in [-0.05, 0) is 51.1 Å². The zero-order chi connectivity index (χ0) is 23.7. The zero-order valence-corrected chi connectivity index (χ0v) is 18.9. The van der Waals surface area contributed by atoms with Crippen LogP contribution in [0.25, 0.3) is 0 Å². The van der Waals surface area contributed by atoms with Crippen molar-refractivity contribution in [2.45, 2.75) is 32.8 Å². The maximum atomic E-state index is 12.6. The van der Waals surface area contributed by atoms with Gasteiger partial charge in [0.1, 0.15) is 17.1 Å². The Balaban J connectivity index is 1.92. The van der Waals surface area contributed by atoms with Crippen molar-refractivity contribution in [3.8, 4) is 11.5 Å². The van der Waals surface area contributed by atoms with Crippen molar-refractivity contribution in [3.05, 3.63) is 48.0 Å². The molecule has 2 aromatic rings. The number of methoxy groups -OCH3 is 2. The molecule has 32 heavy (non-hydrogen) atoms. The molecule has 0 aliphatic carbocycles. The van der Waals surface area contributed by atoms with E-state index < -0.39 is 11.7 Å². The quantitative estimate of drug-likeness (QED) is 0.572. The van der Waals surface area contributed by atoms with Crippen molar-refractivity contribution in [1.82, 2.24) is 5.32 Å². The molecule has 0 aliphatic heterocycles. The largest absolute Gasteiger partial charge is 0.497 e. The number of amides is 3. The third-order valence-corrected chi connectivity index (χ3v) is 4.04. The Morgan fingerprint density at radius 2 is 1.47 bits per heavy atom. The van der Waals surface area contributed by atoms with Gasteiger partial charge in [0.05, 0.1) is 14.2 Å². The summed E-state index contributed by atoms with van der Waals surface area (Å²) in [6.45, 7) is 5.41. The van der Waals surface area contributed by atoms with E-state index in [0.29, 0.717) is 28.4 Å². The number of hydrogen-bond donors (Lipinski definition) is 3. The fraction of sp³-hybridized carbons (Fsp3) is 0.348. The number of ether oxygens (including phenoxy) is 3. The molecule has 0 aromatic heterocycles. The summed E-state index contributed by atoms with van der Waals surface area (Å²) in [6, 6.07) is 11.6. The second-order valence-corrected chi connectivity index (χ2v) is 7.86. The molecule has 3 amide bonds. The molecule has 2 aromatic carbocycles. The third-order valence-electron chi connectivity index (χ3n) is 4.04. The molecule has 3 N–H and O–H groups in total. The molecule has 2 rings (SSSR count). The lowest BCUT2D eigenvalue weighted by molar-refractivity contribution is -0.116. The molecule has 9 nitrogen and oxygen atoms in total. The van der Waals surface area contributed by atoms with E-state index in [9.17, 15) is 14.4 Å². The first-order valence-corrected chi connectivity index (χ1v) is 10.0. The highest BCUT2D eigenvalue weighted by Gasteiger charge is 2.16. The van der Waals surface area contributed by atoms with Crippen LogP contribution in [0.1, 0.15) is 37.6 Å². The number of carbonyl (C=O) groups excluding carboxylic acids is 3. The van der Waals surface area contributed by atoms with Crippen molar-refractivity contribution >= 4 is 29.3 Å². The van der Waals surface area contributed by atoms with E-state index in [-0.39, 0.29) is 24.8 Å². The molecule has 0 radical (unpaired) electrons. The number of hydrogen-bond acceptors (Lipinski definition) is 6. The van der Waals surface area contributed by atoms with Crippen LogP contribution in [0.5, 0.6) is 11.5 Å². The highest BCUT2D eigenvalue weighted by Crippen LogP contribution is 2.24. The van der Waals surface area contributed by atoms with Gasteiger partial charge in [0.25, 0.3) is 5.91 Å². The number of alkyl carbamates (subject to hydrolysis) is 1. The second kappa shape index (κ2) is 11.0. The zero-order valence-electron chi connectivity index (χ0n) is 18.9. The first kappa shape index (κ1) is 24.5. The molecule has 0 atom stereocenters. The molecule has 9 heteroatoms. The minimum Gasteiger partial charge on any atom is -0.497 e. The van der Waals surface area contributed by atoms with E-state index in [1.54, 1.807) is 63.2 Å². The standard InChI is InChI=1S/C23H29N3O6/c1-23(2,3)32-22(29)24-10-9-20(27)25-16-7-6-8-17(13-16)26-21(28)15-11-18(30-4)14-19(12-15)31-5/h6-8,11-14H,9-10H2,1-5H3,(H,24,29)(H,25,27)(H,26,28). The summed E-state index contributed by atoms with van der Waals surface area (Å²) in [5.74, 6) is 0.348. The van der Waals surface area contributed by atoms with Crippen LogP contribution in [0.15, 0.2) is 42.5 Å². The number of anilines is 2. The summed E-state index contributed by atoms with van der Waals surface area (Å²) in [5, 5.41) is 8.04. The minimum absolute atomic E-state index is 0.0689. The fourth-order valence-corrected chi connectivity index (χ4v) is 2.63. The van der Waals surface area contributed by atoms with Crippen LogP contribution in [-0.4, -0.2) is 44.3 Å². The Bertz CT molecular complexity index is 946. The van der Waals surface area contributed by atoms with Gasteiger partial charge in [-0.1, -0.05) is 6.07 Å². The first-order valence-electron chi connectivity index (χ1n) is 10.0. The van der Waals surface area contributed by atoms with Gasteiger partial charge in [0.2, 0.25) is 5.91 Å². The summed E-state index contributed by atoms with van der Waals surface area (Å²) >= 11 is 0. The second-order valence-electron chi connectivity index (χ2n) is 7.86. The summed E-state index contributed by atoms with van der Waals surface area (Å²) in [7, 11) is 3.01. The SMILES string of the molecule is COc1cc(OC)cc(C(=O)Nc2cccc(NC(=O)CCNC(=O)OC(C)(C)C)c2)c1. The fourth-order valence-electron chi connectivity index (χ4n) is 2.63. The predicted molar refractivity (Wildman–Crippen MR) is 121 cm³/mol. The summed E-state index contributed by atoms with van der Waals surface area (Å²) in [5.41, 5.74) is 0.770. The summed E-state index contributed by atoms with van der Waals surface area (Å²) < 4.78 is 15.5. The predicted octanol–water partition coefficient (Wildman–Crippen LogP) is 3.81. The van der Waals surface area contributed by atoms with E-state index in [1.807, 2.05) is 0 Å². The highest BCUT2D eigenvalue weighted by atomic mass is 16.6. The van der Waals surface area contributed by atoms with Gasteiger partial charge in [0, 0.05) is 36.0 Å². The molecule has 172 valence electrons. The number of nitrogens with one attached hydrogen (secondary N) is 3. The molecule has 0 aliphatic rings. The lowest BCUT2D eigenvalue weighted by Gasteiger charge is -2.19. The number of benzene rings is 2. The Morgan fingerprint density at radius 1 is 0.875 bits per heavy atom. The Kier molecular flexibility index (Phi) is 8.46. The van der Waals surface area contributed by atoms with Crippen LogP contribution in [0.2, 0.25) is 0 Å². The maximum absolute atomic E-state index is 12.6. The van der Waals surface area contributed by atoms with Crippen LogP contribution in [0.4, 0.5) is 16.2 Å². The van der Waals surface area contributed by atoms with Crippen molar-refractivity contribution < 1.29 is 28.6 Å². The van der Waals surface area contributed by atoms with Gasteiger partial charge >= 0.3 is 6.09 Å². The average Bonchev–Trinajstić information content (AvgIpc) is 2.72. The van der Waals surface area contributed by atoms with Gasteiger partial charge in [-0.25, -0.2) is 4.79 Å².